The average molecular weight is 273 g/mol. The van der Waals surface area contributed by atoms with Crippen molar-refractivity contribution in [2.75, 3.05) is 6.54 Å². The Bertz CT molecular complexity index is 478. The summed E-state index contributed by atoms with van der Waals surface area (Å²) in [6.45, 7) is 4.73. The van der Waals surface area contributed by atoms with E-state index >= 15 is 0 Å². The van der Waals surface area contributed by atoms with Crippen molar-refractivity contribution in [3.05, 3.63) is 29.3 Å². The summed E-state index contributed by atoms with van der Waals surface area (Å²) in [5.41, 5.74) is 0.638. The molecule has 0 saturated heterocycles. The van der Waals surface area contributed by atoms with Gasteiger partial charge >= 0.3 is 0 Å². The molecule has 1 aliphatic heterocycles. The van der Waals surface area contributed by atoms with E-state index in [9.17, 15) is 13.0 Å². The summed E-state index contributed by atoms with van der Waals surface area (Å²) >= 11 is 0. The molecular formula is C13H17F2NOS. The van der Waals surface area contributed by atoms with E-state index in [0.29, 0.717) is 16.9 Å². The Balaban J connectivity index is 2.42. The zero-order valence-electron chi connectivity index (χ0n) is 10.5. The second-order valence-corrected chi connectivity index (χ2v) is 6.49. The monoisotopic (exact) mass is 273 g/mol. The van der Waals surface area contributed by atoms with Crippen LogP contribution in [-0.2, 0) is 10.8 Å². The maximum absolute atomic E-state index is 13.3. The van der Waals surface area contributed by atoms with E-state index in [2.05, 4.69) is 5.32 Å². The molecule has 0 bridgehead atoms. The summed E-state index contributed by atoms with van der Waals surface area (Å²) in [5.74, 6) is -1.80. The van der Waals surface area contributed by atoms with Gasteiger partial charge in [-0.3, -0.25) is 4.21 Å². The lowest BCUT2D eigenvalue weighted by Crippen LogP contribution is -2.32. The van der Waals surface area contributed by atoms with Crippen molar-refractivity contribution in [3.8, 4) is 0 Å². The van der Waals surface area contributed by atoms with Gasteiger partial charge in [0, 0.05) is 16.2 Å². The Morgan fingerprint density at radius 1 is 1.39 bits per heavy atom. The summed E-state index contributed by atoms with van der Waals surface area (Å²) in [4.78, 5) is 0.432. The first-order valence-electron chi connectivity index (χ1n) is 6.17. The number of nitrogens with one attached hydrogen (secondary N) is 1. The molecule has 1 aromatic rings. The van der Waals surface area contributed by atoms with E-state index in [4.69, 9.17) is 0 Å². The fourth-order valence-electron chi connectivity index (χ4n) is 2.27. The number of rotatable bonds is 3. The first-order valence-corrected chi connectivity index (χ1v) is 7.38. The number of halogens is 2. The highest BCUT2D eigenvalue weighted by Gasteiger charge is 2.31. The molecule has 3 unspecified atom stereocenters. The smallest absolute Gasteiger partial charge is 0.160 e. The van der Waals surface area contributed by atoms with Crippen LogP contribution in [0.4, 0.5) is 8.78 Å². The summed E-state index contributed by atoms with van der Waals surface area (Å²) in [7, 11) is -1.25. The molecule has 0 amide bonds. The van der Waals surface area contributed by atoms with E-state index in [1.165, 1.54) is 6.07 Å². The lowest BCUT2D eigenvalue weighted by Gasteiger charge is -2.30. The van der Waals surface area contributed by atoms with Crippen molar-refractivity contribution < 1.29 is 13.0 Å². The van der Waals surface area contributed by atoms with Gasteiger partial charge in [-0.15, -0.1) is 0 Å². The molecule has 0 spiro atoms. The third kappa shape index (κ3) is 2.47. The Hall–Kier alpha value is -0.810. The van der Waals surface area contributed by atoms with Crippen LogP contribution in [0.1, 0.15) is 38.3 Å². The highest BCUT2D eigenvalue weighted by molar-refractivity contribution is 7.85. The molecule has 1 aromatic carbocycles. The van der Waals surface area contributed by atoms with Crippen molar-refractivity contribution in [2.45, 2.75) is 42.9 Å². The van der Waals surface area contributed by atoms with Crippen molar-refractivity contribution in [3.63, 3.8) is 0 Å². The summed E-state index contributed by atoms with van der Waals surface area (Å²) in [6.07, 6.45) is 1.65. The van der Waals surface area contributed by atoms with Gasteiger partial charge in [0.2, 0.25) is 0 Å². The number of hydrogen-bond donors (Lipinski definition) is 1. The Morgan fingerprint density at radius 2 is 2.06 bits per heavy atom. The van der Waals surface area contributed by atoms with Crippen LogP contribution < -0.4 is 5.32 Å². The molecule has 18 heavy (non-hydrogen) atoms. The van der Waals surface area contributed by atoms with E-state index in [0.717, 1.165) is 19.0 Å². The Labute approximate surface area is 108 Å². The van der Waals surface area contributed by atoms with Crippen molar-refractivity contribution in [1.82, 2.24) is 5.32 Å². The molecule has 2 nitrogen and oxygen atoms in total. The van der Waals surface area contributed by atoms with Crippen LogP contribution in [-0.4, -0.2) is 16.0 Å². The van der Waals surface area contributed by atoms with E-state index < -0.39 is 22.4 Å². The molecule has 1 aliphatic rings. The molecule has 3 atom stereocenters. The standard InChI is InChI=1S/C13H17F2NOS/c1-3-4-16-12-5-8(2)18(17)13-7-11(15)10(14)6-9(12)13/h6-8,12,16H,3-5H2,1-2H3. The fraction of sp³-hybridized carbons (Fsp3) is 0.538. The number of fused-ring (bicyclic) bond motifs is 1. The van der Waals surface area contributed by atoms with Gasteiger partial charge < -0.3 is 5.32 Å². The van der Waals surface area contributed by atoms with E-state index in [-0.39, 0.29) is 11.3 Å². The first kappa shape index (κ1) is 13.6. The highest BCUT2D eigenvalue weighted by Crippen LogP contribution is 2.35. The zero-order chi connectivity index (χ0) is 13.3. The summed E-state index contributed by atoms with van der Waals surface area (Å²) in [5, 5.41) is 3.26. The van der Waals surface area contributed by atoms with Crippen LogP contribution >= 0.6 is 0 Å². The van der Waals surface area contributed by atoms with Crippen LogP contribution in [0.15, 0.2) is 17.0 Å². The van der Waals surface area contributed by atoms with Gasteiger partial charge in [0.15, 0.2) is 11.6 Å². The first-order chi connectivity index (χ1) is 8.54. The molecular weight excluding hydrogens is 256 g/mol. The minimum absolute atomic E-state index is 0.0391. The van der Waals surface area contributed by atoms with Gasteiger partial charge in [-0.25, -0.2) is 8.78 Å². The second-order valence-electron chi connectivity index (χ2n) is 4.65. The van der Waals surface area contributed by atoms with Crippen LogP contribution in [0.25, 0.3) is 0 Å². The van der Waals surface area contributed by atoms with Crippen LogP contribution in [0.3, 0.4) is 0 Å². The lowest BCUT2D eigenvalue weighted by molar-refractivity contribution is 0.460. The average Bonchev–Trinajstić information content (AvgIpc) is 2.34. The van der Waals surface area contributed by atoms with Gasteiger partial charge in [-0.05, 0) is 37.1 Å². The second kappa shape index (κ2) is 5.45. The molecule has 2 rings (SSSR count). The molecule has 5 heteroatoms. The predicted octanol–water partition coefficient (Wildman–Crippen LogP) is 2.91. The SMILES string of the molecule is CCCNC1CC(C)S(=O)c2cc(F)c(F)cc21. The van der Waals surface area contributed by atoms with Crippen molar-refractivity contribution in [1.29, 1.82) is 0 Å². The third-order valence-corrected chi connectivity index (χ3v) is 4.93. The molecule has 100 valence electrons. The van der Waals surface area contributed by atoms with Crippen LogP contribution in [0, 0.1) is 11.6 Å². The molecule has 1 N–H and O–H groups in total. The fourth-order valence-corrected chi connectivity index (χ4v) is 3.72. The van der Waals surface area contributed by atoms with Gasteiger partial charge in [-0.2, -0.15) is 0 Å². The molecule has 0 saturated carbocycles. The zero-order valence-corrected chi connectivity index (χ0v) is 11.3. The summed E-state index contributed by atoms with van der Waals surface area (Å²) in [6, 6.07) is 2.22. The van der Waals surface area contributed by atoms with Crippen molar-refractivity contribution in [2.24, 2.45) is 0 Å². The molecule has 0 aromatic heterocycles. The molecule has 1 heterocycles. The molecule has 0 radical (unpaired) electrons. The minimum atomic E-state index is -1.25. The van der Waals surface area contributed by atoms with Gasteiger partial charge in [-0.1, -0.05) is 13.8 Å². The predicted molar refractivity (Wildman–Crippen MR) is 67.9 cm³/mol. The van der Waals surface area contributed by atoms with Gasteiger partial charge in [0.1, 0.15) is 0 Å². The maximum atomic E-state index is 13.3. The van der Waals surface area contributed by atoms with Gasteiger partial charge in [0.25, 0.3) is 0 Å². The Kier molecular flexibility index (Phi) is 4.12. The number of hydrogen-bond acceptors (Lipinski definition) is 2. The van der Waals surface area contributed by atoms with Crippen LogP contribution in [0.5, 0.6) is 0 Å². The van der Waals surface area contributed by atoms with Crippen molar-refractivity contribution >= 4 is 10.8 Å². The molecule has 0 fully saturated rings. The lowest BCUT2D eigenvalue weighted by atomic mass is 10.0. The largest absolute Gasteiger partial charge is 0.310 e. The normalized spacial score (nSPS) is 27.0. The highest BCUT2D eigenvalue weighted by atomic mass is 32.2. The topological polar surface area (TPSA) is 29.1 Å². The summed E-state index contributed by atoms with van der Waals surface area (Å²) < 4.78 is 38.7. The Morgan fingerprint density at radius 3 is 2.72 bits per heavy atom. The molecule has 0 aliphatic carbocycles. The third-order valence-electron chi connectivity index (χ3n) is 3.22. The minimum Gasteiger partial charge on any atom is -0.310 e. The van der Waals surface area contributed by atoms with Gasteiger partial charge in [0.05, 0.1) is 10.8 Å². The van der Waals surface area contributed by atoms with E-state index in [1.54, 1.807) is 0 Å². The van der Waals surface area contributed by atoms with E-state index in [1.807, 2.05) is 13.8 Å². The quantitative estimate of drug-likeness (QED) is 0.917. The number of benzene rings is 1. The maximum Gasteiger partial charge on any atom is 0.160 e. The van der Waals surface area contributed by atoms with Crippen LogP contribution in [0.2, 0.25) is 0 Å².